The van der Waals surface area contributed by atoms with Crippen LogP contribution in [0.25, 0.3) is 0 Å². The maximum absolute atomic E-state index is 12.7. The number of carbonyl (C=O) groups is 2. The first-order valence-electron chi connectivity index (χ1n) is 8.45. The van der Waals surface area contributed by atoms with Gasteiger partial charge in [-0.3, -0.25) is 9.59 Å². The number of piperidine rings is 1. The minimum absolute atomic E-state index is 0.0205. The molecule has 0 unspecified atom stereocenters. The molecule has 1 saturated heterocycles. The summed E-state index contributed by atoms with van der Waals surface area (Å²) in [4.78, 5) is 26.1. The number of benzene rings is 1. The van der Waals surface area contributed by atoms with Crippen LogP contribution in [0.1, 0.15) is 43.2 Å². The summed E-state index contributed by atoms with van der Waals surface area (Å²) in [5, 5.41) is 9.60. The standard InChI is InChI=1S/C19H27NO4/c1-14-7-4-5-8-16(14)15(2)11-17(21)20-10-6-9-19(12-20,13-24-3)18(22)23/h4-5,7-8,15H,6,9-13H2,1-3H3,(H,22,23)/t15-,19+/m0/s1. The Morgan fingerprint density at radius 3 is 2.71 bits per heavy atom. The van der Waals surface area contributed by atoms with Crippen molar-refractivity contribution in [2.75, 3.05) is 26.8 Å². The molecule has 0 spiro atoms. The van der Waals surface area contributed by atoms with Crippen LogP contribution in [0.4, 0.5) is 0 Å². The van der Waals surface area contributed by atoms with Gasteiger partial charge < -0.3 is 14.7 Å². The third-order valence-corrected chi connectivity index (χ3v) is 5.00. The predicted molar refractivity (Wildman–Crippen MR) is 92.0 cm³/mol. The first kappa shape index (κ1) is 18.5. The average Bonchev–Trinajstić information content (AvgIpc) is 2.55. The maximum atomic E-state index is 12.7. The maximum Gasteiger partial charge on any atom is 0.313 e. The molecule has 0 radical (unpaired) electrons. The fourth-order valence-electron chi connectivity index (χ4n) is 3.62. The first-order valence-corrected chi connectivity index (χ1v) is 8.45. The summed E-state index contributed by atoms with van der Waals surface area (Å²) >= 11 is 0. The summed E-state index contributed by atoms with van der Waals surface area (Å²) < 4.78 is 5.12. The van der Waals surface area contributed by atoms with E-state index < -0.39 is 11.4 Å². The number of amides is 1. The number of carboxylic acids is 1. The van der Waals surface area contributed by atoms with E-state index in [1.165, 1.54) is 18.2 Å². The largest absolute Gasteiger partial charge is 0.481 e. The van der Waals surface area contributed by atoms with Crippen LogP contribution >= 0.6 is 0 Å². The Bertz CT molecular complexity index is 597. The van der Waals surface area contributed by atoms with Crippen LogP contribution in [0.15, 0.2) is 24.3 Å². The van der Waals surface area contributed by atoms with E-state index in [0.29, 0.717) is 25.8 Å². The van der Waals surface area contributed by atoms with Gasteiger partial charge >= 0.3 is 5.97 Å². The number of carbonyl (C=O) groups excluding carboxylic acids is 1. The monoisotopic (exact) mass is 333 g/mol. The molecule has 0 aromatic heterocycles. The van der Waals surface area contributed by atoms with Crippen LogP contribution in [0, 0.1) is 12.3 Å². The van der Waals surface area contributed by atoms with E-state index in [4.69, 9.17) is 4.74 Å². The number of aryl methyl sites for hydroxylation is 1. The van der Waals surface area contributed by atoms with Gasteiger partial charge in [-0.1, -0.05) is 31.2 Å². The summed E-state index contributed by atoms with van der Waals surface area (Å²) in [5.74, 6) is -0.747. The highest BCUT2D eigenvalue weighted by Gasteiger charge is 2.43. The van der Waals surface area contributed by atoms with E-state index in [1.807, 2.05) is 32.0 Å². The summed E-state index contributed by atoms with van der Waals surface area (Å²) in [6.07, 6.45) is 1.64. The summed E-state index contributed by atoms with van der Waals surface area (Å²) in [5.41, 5.74) is 1.37. The SMILES string of the molecule is COC[C@@]1(C(=O)O)CCCN(C(=O)C[C@H](C)c2ccccc2C)C1. The predicted octanol–water partition coefficient (Wildman–Crippen LogP) is 2.83. The third kappa shape index (κ3) is 3.96. The minimum atomic E-state index is -0.978. The van der Waals surface area contributed by atoms with Crippen LogP contribution in [0.2, 0.25) is 0 Å². The van der Waals surface area contributed by atoms with Gasteiger partial charge in [0.25, 0.3) is 0 Å². The molecule has 2 rings (SSSR count). The highest BCUT2D eigenvalue weighted by Crippen LogP contribution is 2.32. The lowest BCUT2D eigenvalue weighted by Gasteiger charge is -2.39. The van der Waals surface area contributed by atoms with E-state index in [1.54, 1.807) is 4.90 Å². The zero-order valence-electron chi connectivity index (χ0n) is 14.7. The van der Waals surface area contributed by atoms with E-state index in [2.05, 4.69) is 6.07 Å². The number of hydrogen-bond donors (Lipinski definition) is 1. The highest BCUT2D eigenvalue weighted by molar-refractivity contribution is 5.80. The lowest BCUT2D eigenvalue weighted by molar-refractivity contribution is -0.159. The van der Waals surface area contributed by atoms with Crippen molar-refractivity contribution in [3.05, 3.63) is 35.4 Å². The summed E-state index contributed by atoms with van der Waals surface area (Å²) in [7, 11) is 1.51. The zero-order chi connectivity index (χ0) is 17.7. The fraction of sp³-hybridized carbons (Fsp3) is 0.579. The molecule has 1 aromatic rings. The Labute approximate surface area is 143 Å². The van der Waals surface area contributed by atoms with Crippen molar-refractivity contribution in [1.82, 2.24) is 4.90 Å². The number of methoxy groups -OCH3 is 1. The number of rotatable bonds is 6. The van der Waals surface area contributed by atoms with Gasteiger partial charge in [0.1, 0.15) is 5.41 Å². The number of carboxylic acid groups (broad SMARTS) is 1. The number of ether oxygens (including phenoxy) is 1. The van der Waals surface area contributed by atoms with Crippen LogP contribution in [0.3, 0.4) is 0 Å². The van der Waals surface area contributed by atoms with Gasteiger partial charge in [-0.2, -0.15) is 0 Å². The normalized spacial score (nSPS) is 22.2. The Hall–Kier alpha value is -1.88. The number of hydrogen-bond acceptors (Lipinski definition) is 3. The molecule has 1 aromatic carbocycles. The molecule has 24 heavy (non-hydrogen) atoms. The van der Waals surface area contributed by atoms with E-state index in [9.17, 15) is 14.7 Å². The van der Waals surface area contributed by atoms with Crippen molar-refractivity contribution in [1.29, 1.82) is 0 Å². The van der Waals surface area contributed by atoms with Gasteiger partial charge in [0.2, 0.25) is 5.91 Å². The summed E-state index contributed by atoms with van der Waals surface area (Å²) in [6, 6.07) is 8.07. The van der Waals surface area contributed by atoms with Crippen molar-refractivity contribution in [3.63, 3.8) is 0 Å². The van der Waals surface area contributed by atoms with Gasteiger partial charge in [0.15, 0.2) is 0 Å². The highest BCUT2D eigenvalue weighted by atomic mass is 16.5. The topological polar surface area (TPSA) is 66.8 Å². The number of nitrogens with zero attached hydrogens (tertiary/aromatic N) is 1. The molecular weight excluding hydrogens is 306 g/mol. The second-order valence-electron chi connectivity index (χ2n) is 6.90. The second-order valence-corrected chi connectivity index (χ2v) is 6.90. The average molecular weight is 333 g/mol. The van der Waals surface area contributed by atoms with Crippen LogP contribution in [-0.4, -0.2) is 48.7 Å². The number of aliphatic carboxylic acids is 1. The van der Waals surface area contributed by atoms with Crippen LogP contribution in [-0.2, 0) is 14.3 Å². The molecule has 0 bridgehead atoms. The lowest BCUT2D eigenvalue weighted by Crippen LogP contribution is -2.52. The van der Waals surface area contributed by atoms with E-state index in [-0.39, 0.29) is 25.0 Å². The fourth-order valence-corrected chi connectivity index (χ4v) is 3.62. The first-order chi connectivity index (χ1) is 11.4. The van der Waals surface area contributed by atoms with Crippen molar-refractivity contribution in [3.8, 4) is 0 Å². The molecule has 2 atom stereocenters. The van der Waals surface area contributed by atoms with Crippen LogP contribution in [0.5, 0.6) is 0 Å². The Balaban J connectivity index is 2.06. The molecule has 1 amide bonds. The Morgan fingerprint density at radius 1 is 1.38 bits per heavy atom. The lowest BCUT2D eigenvalue weighted by atomic mass is 9.80. The van der Waals surface area contributed by atoms with Gasteiger partial charge in [-0.25, -0.2) is 0 Å². The van der Waals surface area contributed by atoms with Gasteiger partial charge in [0, 0.05) is 26.6 Å². The van der Waals surface area contributed by atoms with E-state index in [0.717, 1.165) is 0 Å². The Morgan fingerprint density at radius 2 is 2.08 bits per heavy atom. The molecule has 1 heterocycles. The molecule has 1 aliphatic heterocycles. The molecule has 5 heteroatoms. The zero-order valence-corrected chi connectivity index (χ0v) is 14.7. The molecule has 5 nitrogen and oxygen atoms in total. The van der Waals surface area contributed by atoms with Crippen molar-refractivity contribution >= 4 is 11.9 Å². The molecule has 0 aliphatic carbocycles. The molecule has 132 valence electrons. The van der Waals surface area contributed by atoms with Gasteiger partial charge in [0.05, 0.1) is 6.61 Å². The summed E-state index contributed by atoms with van der Waals surface area (Å²) in [6.45, 7) is 5.09. The van der Waals surface area contributed by atoms with Gasteiger partial charge in [-0.05, 0) is 36.8 Å². The van der Waals surface area contributed by atoms with Crippen molar-refractivity contribution < 1.29 is 19.4 Å². The minimum Gasteiger partial charge on any atom is -0.481 e. The molecule has 1 fully saturated rings. The molecule has 1 N–H and O–H groups in total. The third-order valence-electron chi connectivity index (χ3n) is 5.00. The van der Waals surface area contributed by atoms with Gasteiger partial charge in [-0.15, -0.1) is 0 Å². The molecular formula is C19H27NO4. The van der Waals surface area contributed by atoms with Crippen molar-refractivity contribution in [2.45, 2.75) is 39.0 Å². The quantitative estimate of drug-likeness (QED) is 0.869. The molecule has 1 aliphatic rings. The van der Waals surface area contributed by atoms with E-state index >= 15 is 0 Å². The van der Waals surface area contributed by atoms with Crippen molar-refractivity contribution in [2.24, 2.45) is 5.41 Å². The smallest absolute Gasteiger partial charge is 0.313 e. The second kappa shape index (κ2) is 7.79. The number of likely N-dealkylation sites (tertiary alicyclic amines) is 1. The van der Waals surface area contributed by atoms with Crippen LogP contribution < -0.4 is 0 Å². The molecule has 0 saturated carbocycles. The Kier molecular flexibility index (Phi) is 5.99.